The van der Waals surface area contributed by atoms with Crippen molar-refractivity contribution in [3.63, 3.8) is 0 Å². The SMILES string of the molecule is CC(C)(C)OC(=O)NC(Cc1ccccc1)C(=O)N1CCCC1C(=O)NCc1ccc2ccnc(N)c2c1. The summed E-state index contributed by atoms with van der Waals surface area (Å²) in [5.41, 5.74) is 7.08. The average Bonchev–Trinajstić information content (AvgIpc) is 3.36. The number of alkyl carbamates (subject to hydrolysis) is 1. The zero-order chi connectivity index (χ0) is 27.3. The molecule has 1 fully saturated rings. The molecule has 0 radical (unpaired) electrons. The first kappa shape index (κ1) is 26.9. The van der Waals surface area contributed by atoms with Crippen LogP contribution < -0.4 is 16.4 Å². The second-order valence-electron chi connectivity index (χ2n) is 10.5. The van der Waals surface area contributed by atoms with Gasteiger partial charge in [0, 0.05) is 31.1 Å². The maximum atomic E-state index is 13.7. The Morgan fingerprint density at radius 3 is 2.61 bits per heavy atom. The summed E-state index contributed by atoms with van der Waals surface area (Å²) < 4.78 is 5.41. The van der Waals surface area contributed by atoms with Crippen molar-refractivity contribution in [2.24, 2.45) is 0 Å². The quantitative estimate of drug-likeness (QED) is 0.440. The summed E-state index contributed by atoms with van der Waals surface area (Å²) in [4.78, 5) is 45.2. The van der Waals surface area contributed by atoms with Gasteiger partial charge in [-0.3, -0.25) is 9.59 Å². The predicted molar refractivity (Wildman–Crippen MR) is 146 cm³/mol. The van der Waals surface area contributed by atoms with Gasteiger partial charge >= 0.3 is 6.09 Å². The molecule has 4 N–H and O–H groups in total. The molecule has 3 aromatic rings. The van der Waals surface area contributed by atoms with Crippen LogP contribution in [0.2, 0.25) is 0 Å². The normalized spacial score (nSPS) is 16.2. The van der Waals surface area contributed by atoms with E-state index in [0.717, 1.165) is 21.9 Å². The highest BCUT2D eigenvalue weighted by Crippen LogP contribution is 2.22. The van der Waals surface area contributed by atoms with Crippen molar-refractivity contribution in [2.45, 2.75) is 64.3 Å². The number of amides is 3. The molecule has 1 aliphatic rings. The van der Waals surface area contributed by atoms with Crippen LogP contribution in [0, 0.1) is 0 Å². The van der Waals surface area contributed by atoms with Crippen LogP contribution in [0.15, 0.2) is 60.8 Å². The summed E-state index contributed by atoms with van der Waals surface area (Å²) in [6.45, 7) is 6.03. The summed E-state index contributed by atoms with van der Waals surface area (Å²) in [7, 11) is 0. The number of carbonyl (C=O) groups excluding carboxylic acids is 3. The van der Waals surface area contributed by atoms with E-state index < -0.39 is 23.8 Å². The van der Waals surface area contributed by atoms with E-state index in [1.165, 1.54) is 0 Å². The number of hydrogen-bond acceptors (Lipinski definition) is 6. The molecule has 1 aromatic heterocycles. The molecule has 0 bridgehead atoms. The molecule has 1 saturated heterocycles. The smallest absolute Gasteiger partial charge is 0.408 e. The molecule has 2 atom stereocenters. The highest BCUT2D eigenvalue weighted by molar-refractivity contribution is 5.93. The number of nitrogens with two attached hydrogens (primary N) is 1. The number of fused-ring (bicyclic) bond motifs is 1. The largest absolute Gasteiger partial charge is 0.444 e. The second kappa shape index (κ2) is 11.5. The summed E-state index contributed by atoms with van der Waals surface area (Å²) in [5.74, 6) is -0.0991. The molecule has 2 heterocycles. The number of likely N-dealkylation sites (tertiary alicyclic amines) is 1. The Kier molecular flexibility index (Phi) is 8.14. The van der Waals surface area contributed by atoms with E-state index in [0.29, 0.717) is 31.7 Å². The lowest BCUT2D eigenvalue weighted by molar-refractivity contribution is -0.140. The van der Waals surface area contributed by atoms with Gasteiger partial charge in [0.05, 0.1) is 0 Å². The lowest BCUT2D eigenvalue weighted by atomic mass is 10.0. The molecule has 1 aliphatic heterocycles. The summed E-state index contributed by atoms with van der Waals surface area (Å²) in [6.07, 6.45) is 2.53. The van der Waals surface area contributed by atoms with Crippen LogP contribution in [0.4, 0.5) is 10.6 Å². The molecule has 2 aromatic carbocycles. The minimum Gasteiger partial charge on any atom is -0.444 e. The third kappa shape index (κ3) is 6.79. The molecular formula is C29H35N5O4. The fraction of sp³-hybridized carbons (Fsp3) is 0.379. The number of aromatic nitrogens is 1. The number of hydrogen-bond donors (Lipinski definition) is 3. The van der Waals surface area contributed by atoms with Crippen molar-refractivity contribution in [1.82, 2.24) is 20.5 Å². The van der Waals surface area contributed by atoms with Crippen LogP contribution in [0.3, 0.4) is 0 Å². The topological polar surface area (TPSA) is 127 Å². The van der Waals surface area contributed by atoms with Gasteiger partial charge in [-0.2, -0.15) is 0 Å². The minimum atomic E-state index is -0.864. The molecular weight excluding hydrogens is 482 g/mol. The number of nitrogens with one attached hydrogen (secondary N) is 2. The first-order chi connectivity index (χ1) is 18.1. The number of anilines is 1. The first-order valence-corrected chi connectivity index (χ1v) is 12.9. The number of nitrogen functional groups attached to an aromatic ring is 1. The lowest BCUT2D eigenvalue weighted by Crippen LogP contribution is -2.54. The second-order valence-corrected chi connectivity index (χ2v) is 10.5. The van der Waals surface area contributed by atoms with Gasteiger partial charge in [-0.05, 0) is 62.3 Å². The zero-order valence-corrected chi connectivity index (χ0v) is 22.1. The molecule has 9 nitrogen and oxygen atoms in total. The number of carbonyl (C=O) groups is 3. The first-order valence-electron chi connectivity index (χ1n) is 12.9. The Morgan fingerprint density at radius 1 is 1.11 bits per heavy atom. The average molecular weight is 518 g/mol. The number of pyridine rings is 1. The van der Waals surface area contributed by atoms with Crippen LogP contribution >= 0.6 is 0 Å². The fourth-order valence-electron chi connectivity index (χ4n) is 4.66. The summed E-state index contributed by atoms with van der Waals surface area (Å²) in [6, 6.07) is 15.6. The van der Waals surface area contributed by atoms with Gasteiger partial charge in [0.15, 0.2) is 0 Å². The van der Waals surface area contributed by atoms with E-state index in [9.17, 15) is 14.4 Å². The Labute approximate surface area is 222 Å². The van der Waals surface area contributed by atoms with Crippen molar-refractivity contribution in [3.05, 3.63) is 71.9 Å². The standard InChI is InChI=1S/C29H35N5O4/c1-29(2,3)38-28(37)33-23(17-19-8-5-4-6-9-19)27(36)34-15-7-10-24(34)26(35)32-18-20-11-12-21-13-14-31-25(30)22(21)16-20/h4-6,8-9,11-14,16,23-24H,7,10,15,17-18H2,1-3H3,(H2,30,31)(H,32,35)(H,33,37). The summed E-state index contributed by atoms with van der Waals surface area (Å²) in [5, 5.41) is 7.50. The zero-order valence-electron chi connectivity index (χ0n) is 22.1. The van der Waals surface area contributed by atoms with Gasteiger partial charge < -0.3 is 26.0 Å². The van der Waals surface area contributed by atoms with E-state index in [1.54, 1.807) is 31.9 Å². The Morgan fingerprint density at radius 2 is 1.87 bits per heavy atom. The molecule has 9 heteroatoms. The van der Waals surface area contributed by atoms with Crippen LogP contribution in [-0.2, 0) is 27.3 Å². The lowest BCUT2D eigenvalue weighted by Gasteiger charge is -2.29. The van der Waals surface area contributed by atoms with Gasteiger partial charge in [-0.15, -0.1) is 0 Å². The number of ether oxygens (including phenoxy) is 1. The van der Waals surface area contributed by atoms with E-state index in [2.05, 4.69) is 15.6 Å². The Hall–Kier alpha value is -4.14. The molecule has 200 valence electrons. The highest BCUT2D eigenvalue weighted by Gasteiger charge is 2.38. The van der Waals surface area contributed by atoms with Crippen molar-refractivity contribution >= 4 is 34.5 Å². The third-order valence-electron chi connectivity index (χ3n) is 6.44. The van der Waals surface area contributed by atoms with Crippen LogP contribution in [-0.4, -0.2) is 52.0 Å². The van der Waals surface area contributed by atoms with Crippen molar-refractivity contribution in [2.75, 3.05) is 12.3 Å². The maximum Gasteiger partial charge on any atom is 0.408 e. The van der Waals surface area contributed by atoms with Gasteiger partial charge in [-0.25, -0.2) is 9.78 Å². The van der Waals surface area contributed by atoms with E-state index in [1.807, 2.05) is 54.6 Å². The van der Waals surface area contributed by atoms with E-state index in [-0.39, 0.29) is 18.2 Å². The Balaban J connectivity index is 1.45. The van der Waals surface area contributed by atoms with Gasteiger partial charge in [0.25, 0.3) is 0 Å². The van der Waals surface area contributed by atoms with Gasteiger partial charge in [-0.1, -0.05) is 42.5 Å². The molecule has 0 saturated carbocycles. The van der Waals surface area contributed by atoms with Crippen LogP contribution in [0.1, 0.15) is 44.7 Å². The molecule has 38 heavy (non-hydrogen) atoms. The fourth-order valence-corrected chi connectivity index (χ4v) is 4.66. The van der Waals surface area contributed by atoms with Crippen molar-refractivity contribution < 1.29 is 19.1 Å². The molecule has 0 spiro atoms. The maximum absolute atomic E-state index is 13.7. The highest BCUT2D eigenvalue weighted by atomic mass is 16.6. The number of rotatable bonds is 7. The van der Waals surface area contributed by atoms with Gasteiger partial charge in [0.1, 0.15) is 23.5 Å². The monoisotopic (exact) mass is 517 g/mol. The number of benzene rings is 2. The molecule has 0 aliphatic carbocycles. The van der Waals surface area contributed by atoms with Crippen molar-refractivity contribution in [3.8, 4) is 0 Å². The third-order valence-corrected chi connectivity index (χ3v) is 6.44. The minimum absolute atomic E-state index is 0.231. The van der Waals surface area contributed by atoms with Gasteiger partial charge in [0.2, 0.25) is 11.8 Å². The molecule has 4 rings (SSSR count). The van der Waals surface area contributed by atoms with E-state index >= 15 is 0 Å². The Bertz CT molecular complexity index is 1310. The summed E-state index contributed by atoms with van der Waals surface area (Å²) >= 11 is 0. The predicted octanol–water partition coefficient (Wildman–Crippen LogP) is 3.56. The van der Waals surface area contributed by atoms with E-state index in [4.69, 9.17) is 10.5 Å². The number of nitrogens with zero attached hydrogens (tertiary/aromatic N) is 2. The molecule has 2 unspecified atom stereocenters. The van der Waals surface area contributed by atoms with Crippen molar-refractivity contribution in [1.29, 1.82) is 0 Å². The van der Waals surface area contributed by atoms with Crippen LogP contribution in [0.25, 0.3) is 10.8 Å². The molecule has 3 amide bonds. The van der Waals surface area contributed by atoms with Crippen LogP contribution in [0.5, 0.6) is 0 Å².